The lowest BCUT2D eigenvalue weighted by Crippen LogP contribution is -2.37. The summed E-state index contributed by atoms with van der Waals surface area (Å²) in [5.74, 6) is 0.781. The summed E-state index contributed by atoms with van der Waals surface area (Å²) in [4.78, 5) is 21.6. The van der Waals surface area contributed by atoms with Gasteiger partial charge in [-0.25, -0.2) is 4.98 Å². The van der Waals surface area contributed by atoms with Crippen molar-refractivity contribution in [2.45, 2.75) is 13.3 Å². The second-order valence-corrected chi connectivity index (χ2v) is 5.82. The topological polar surface area (TPSA) is 93.4 Å². The van der Waals surface area contributed by atoms with E-state index in [0.29, 0.717) is 50.3 Å². The highest BCUT2D eigenvalue weighted by atomic mass is 16.6. The predicted molar refractivity (Wildman–Crippen MR) is 95.1 cm³/mol. The van der Waals surface area contributed by atoms with Crippen molar-refractivity contribution in [3.05, 3.63) is 51.7 Å². The highest BCUT2D eigenvalue weighted by Gasteiger charge is 2.27. The van der Waals surface area contributed by atoms with E-state index in [9.17, 15) is 10.1 Å². The standard InChI is InChI=1S/C17H21N5O3/c1-13-15(22(23)24)16(21-9-11-25-12-10-21)20-17(19-13)18-8-7-14-5-3-2-4-6-14/h2-6H,7-12H2,1H3,(H,18,19,20). The molecule has 0 aliphatic carbocycles. The molecular weight excluding hydrogens is 322 g/mol. The first-order valence-corrected chi connectivity index (χ1v) is 8.28. The highest BCUT2D eigenvalue weighted by Crippen LogP contribution is 2.30. The van der Waals surface area contributed by atoms with Crippen molar-refractivity contribution in [1.29, 1.82) is 0 Å². The lowest BCUT2D eigenvalue weighted by atomic mass is 10.1. The van der Waals surface area contributed by atoms with Crippen LogP contribution < -0.4 is 10.2 Å². The SMILES string of the molecule is Cc1nc(NCCc2ccccc2)nc(N2CCOCC2)c1[N+](=O)[O-]. The van der Waals surface area contributed by atoms with Gasteiger partial charge in [0.25, 0.3) is 0 Å². The van der Waals surface area contributed by atoms with Crippen molar-refractivity contribution < 1.29 is 9.66 Å². The third-order valence-corrected chi connectivity index (χ3v) is 4.07. The molecule has 0 spiro atoms. The second-order valence-electron chi connectivity index (χ2n) is 5.82. The first-order valence-electron chi connectivity index (χ1n) is 8.28. The fourth-order valence-corrected chi connectivity index (χ4v) is 2.80. The lowest BCUT2D eigenvalue weighted by Gasteiger charge is -2.27. The number of nitrogens with zero attached hydrogens (tertiary/aromatic N) is 4. The Morgan fingerprint density at radius 3 is 2.64 bits per heavy atom. The van der Waals surface area contributed by atoms with Crippen molar-refractivity contribution in [2.24, 2.45) is 0 Å². The van der Waals surface area contributed by atoms with Gasteiger partial charge in [0.15, 0.2) is 0 Å². The van der Waals surface area contributed by atoms with E-state index in [-0.39, 0.29) is 5.69 Å². The van der Waals surface area contributed by atoms with E-state index < -0.39 is 4.92 Å². The van der Waals surface area contributed by atoms with E-state index in [2.05, 4.69) is 27.4 Å². The predicted octanol–water partition coefficient (Wildman–Crippen LogP) is 2.18. The van der Waals surface area contributed by atoms with Gasteiger partial charge in [-0.1, -0.05) is 30.3 Å². The molecule has 8 heteroatoms. The molecule has 1 aromatic carbocycles. The van der Waals surface area contributed by atoms with Crippen LogP contribution in [-0.2, 0) is 11.2 Å². The highest BCUT2D eigenvalue weighted by molar-refractivity contribution is 5.62. The zero-order valence-corrected chi connectivity index (χ0v) is 14.1. The molecule has 1 aliphatic rings. The van der Waals surface area contributed by atoms with Crippen LogP contribution in [0.2, 0.25) is 0 Å². The van der Waals surface area contributed by atoms with Gasteiger partial charge in [-0.3, -0.25) is 10.1 Å². The van der Waals surface area contributed by atoms with E-state index in [1.807, 2.05) is 23.1 Å². The monoisotopic (exact) mass is 343 g/mol. The van der Waals surface area contributed by atoms with Gasteiger partial charge in [0.2, 0.25) is 11.8 Å². The van der Waals surface area contributed by atoms with E-state index in [1.165, 1.54) is 5.56 Å². The number of hydrogen-bond donors (Lipinski definition) is 1. The summed E-state index contributed by atoms with van der Waals surface area (Å²) < 4.78 is 5.33. The maximum absolute atomic E-state index is 11.4. The van der Waals surface area contributed by atoms with Crippen molar-refractivity contribution in [3.8, 4) is 0 Å². The molecule has 8 nitrogen and oxygen atoms in total. The van der Waals surface area contributed by atoms with Gasteiger partial charge < -0.3 is 15.0 Å². The van der Waals surface area contributed by atoms with Crippen LogP contribution in [0.1, 0.15) is 11.3 Å². The van der Waals surface area contributed by atoms with Gasteiger partial charge in [-0.15, -0.1) is 0 Å². The van der Waals surface area contributed by atoms with Crippen LogP contribution in [0.4, 0.5) is 17.5 Å². The molecule has 1 N–H and O–H groups in total. The molecule has 0 atom stereocenters. The summed E-state index contributed by atoms with van der Waals surface area (Å²) in [5.41, 5.74) is 1.54. The number of rotatable bonds is 6. The normalized spacial score (nSPS) is 14.4. The molecule has 0 radical (unpaired) electrons. The molecule has 0 saturated carbocycles. The zero-order chi connectivity index (χ0) is 17.6. The van der Waals surface area contributed by atoms with Crippen LogP contribution in [0, 0.1) is 17.0 Å². The molecule has 25 heavy (non-hydrogen) atoms. The third kappa shape index (κ3) is 4.21. The number of aryl methyl sites for hydroxylation is 1. The number of hydrogen-bond acceptors (Lipinski definition) is 7. The quantitative estimate of drug-likeness (QED) is 0.634. The molecule has 132 valence electrons. The maximum atomic E-state index is 11.4. The average Bonchev–Trinajstić information content (AvgIpc) is 2.62. The number of aromatic nitrogens is 2. The second kappa shape index (κ2) is 7.89. The molecule has 3 rings (SSSR count). The molecule has 1 aliphatic heterocycles. The number of nitrogens with one attached hydrogen (secondary N) is 1. The fourth-order valence-electron chi connectivity index (χ4n) is 2.80. The molecule has 0 unspecified atom stereocenters. The number of ether oxygens (including phenoxy) is 1. The molecule has 2 aromatic rings. The Balaban J connectivity index is 1.77. The van der Waals surface area contributed by atoms with Crippen molar-refractivity contribution in [2.75, 3.05) is 43.1 Å². The number of nitro groups is 1. The van der Waals surface area contributed by atoms with Crippen molar-refractivity contribution in [1.82, 2.24) is 9.97 Å². The fraction of sp³-hybridized carbons (Fsp3) is 0.412. The van der Waals surface area contributed by atoms with Crippen LogP contribution in [0.5, 0.6) is 0 Å². The number of benzene rings is 1. The minimum atomic E-state index is -0.409. The van der Waals surface area contributed by atoms with Gasteiger partial charge in [0.05, 0.1) is 18.1 Å². The molecular formula is C17H21N5O3. The minimum Gasteiger partial charge on any atom is -0.378 e. The third-order valence-electron chi connectivity index (χ3n) is 4.07. The van der Waals surface area contributed by atoms with Crippen LogP contribution in [0.15, 0.2) is 30.3 Å². The number of anilines is 2. The van der Waals surface area contributed by atoms with Crippen LogP contribution in [0.3, 0.4) is 0 Å². The summed E-state index contributed by atoms with van der Waals surface area (Å²) >= 11 is 0. The Morgan fingerprint density at radius 2 is 1.96 bits per heavy atom. The summed E-state index contributed by atoms with van der Waals surface area (Å²) in [6.07, 6.45) is 0.827. The Morgan fingerprint density at radius 1 is 1.24 bits per heavy atom. The minimum absolute atomic E-state index is 0.0319. The van der Waals surface area contributed by atoms with E-state index in [1.54, 1.807) is 6.92 Å². The Hall–Kier alpha value is -2.74. The lowest BCUT2D eigenvalue weighted by molar-refractivity contribution is -0.385. The summed E-state index contributed by atoms with van der Waals surface area (Å²) in [7, 11) is 0. The Kier molecular flexibility index (Phi) is 5.39. The van der Waals surface area contributed by atoms with Gasteiger partial charge in [-0.2, -0.15) is 4.98 Å². The van der Waals surface area contributed by atoms with E-state index in [0.717, 1.165) is 6.42 Å². The van der Waals surface area contributed by atoms with Crippen LogP contribution in [0.25, 0.3) is 0 Å². The largest absolute Gasteiger partial charge is 0.378 e. The van der Waals surface area contributed by atoms with Gasteiger partial charge in [0, 0.05) is 19.6 Å². The number of morpholine rings is 1. The first kappa shape index (κ1) is 17.1. The maximum Gasteiger partial charge on any atom is 0.332 e. The van der Waals surface area contributed by atoms with Gasteiger partial charge in [-0.05, 0) is 18.9 Å². The van der Waals surface area contributed by atoms with E-state index >= 15 is 0 Å². The van der Waals surface area contributed by atoms with E-state index in [4.69, 9.17) is 4.74 Å². The zero-order valence-electron chi connectivity index (χ0n) is 14.1. The molecule has 0 amide bonds. The smallest absolute Gasteiger partial charge is 0.332 e. The summed E-state index contributed by atoms with van der Waals surface area (Å²) in [6, 6.07) is 10.1. The summed E-state index contributed by atoms with van der Waals surface area (Å²) in [6.45, 7) is 4.55. The molecule has 0 bridgehead atoms. The van der Waals surface area contributed by atoms with Crippen molar-refractivity contribution >= 4 is 17.5 Å². The Labute approximate surface area is 146 Å². The van der Waals surface area contributed by atoms with Gasteiger partial charge in [0.1, 0.15) is 5.69 Å². The Bertz CT molecular complexity index is 733. The average molecular weight is 343 g/mol. The van der Waals surface area contributed by atoms with Crippen LogP contribution >= 0.6 is 0 Å². The summed E-state index contributed by atoms with van der Waals surface area (Å²) in [5, 5.41) is 14.6. The van der Waals surface area contributed by atoms with Crippen molar-refractivity contribution in [3.63, 3.8) is 0 Å². The van der Waals surface area contributed by atoms with Crippen LogP contribution in [-0.4, -0.2) is 47.7 Å². The molecule has 2 heterocycles. The molecule has 1 saturated heterocycles. The van der Waals surface area contributed by atoms with Gasteiger partial charge >= 0.3 is 5.69 Å². The molecule has 1 aromatic heterocycles. The first-order chi connectivity index (χ1) is 12.1. The molecule has 1 fully saturated rings.